The quantitative estimate of drug-likeness (QED) is 0.580. The Balaban J connectivity index is 4.42. The molecule has 0 radical (unpaired) electrons. The van der Waals surface area contributed by atoms with Crippen molar-refractivity contribution >= 4 is 11.9 Å². The zero-order valence-corrected chi connectivity index (χ0v) is 10.8. The van der Waals surface area contributed by atoms with Crippen LogP contribution in [0.5, 0.6) is 0 Å². The number of nitrogens with one attached hydrogen (secondary N) is 2. The molecule has 0 aromatic rings. The van der Waals surface area contributed by atoms with Gasteiger partial charge in [-0.05, 0) is 27.7 Å². The van der Waals surface area contributed by atoms with Gasteiger partial charge in [-0.1, -0.05) is 5.92 Å². The summed E-state index contributed by atoms with van der Waals surface area (Å²) in [6.45, 7) is 6.92. The zero-order chi connectivity index (χ0) is 13.7. The number of hydrogen-bond donors (Lipinski definition) is 3. The largest absolute Gasteiger partial charge is 0.481 e. The Bertz CT molecular complexity index is 340. The van der Waals surface area contributed by atoms with Gasteiger partial charge < -0.3 is 15.7 Å². The van der Waals surface area contributed by atoms with Crippen molar-refractivity contribution in [3.8, 4) is 12.3 Å². The van der Waals surface area contributed by atoms with E-state index in [1.807, 2.05) is 0 Å². The Morgan fingerprint density at radius 1 is 1.29 bits per heavy atom. The molecule has 17 heavy (non-hydrogen) atoms. The lowest BCUT2D eigenvalue weighted by molar-refractivity contribution is -0.151. The van der Waals surface area contributed by atoms with E-state index in [0.29, 0.717) is 0 Å². The molecule has 3 N–H and O–H groups in total. The molecule has 0 atom stereocenters. The van der Waals surface area contributed by atoms with E-state index in [4.69, 9.17) is 11.5 Å². The van der Waals surface area contributed by atoms with Gasteiger partial charge in [-0.25, -0.2) is 0 Å². The fourth-order valence-electron chi connectivity index (χ4n) is 1.00. The number of terminal acetylenes is 1. The summed E-state index contributed by atoms with van der Waals surface area (Å²) in [5.74, 6) is 1.12. The normalized spacial score (nSPS) is 11.7. The first-order chi connectivity index (χ1) is 7.65. The van der Waals surface area contributed by atoms with E-state index >= 15 is 0 Å². The number of rotatable bonds is 6. The lowest BCUT2D eigenvalue weighted by Gasteiger charge is -2.38. The highest BCUT2D eigenvalue weighted by Gasteiger charge is 2.43. The minimum atomic E-state index is -0.987. The monoisotopic (exact) mass is 240 g/mol. The molecule has 0 aromatic carbocycles. The molecule has 96 valence electrons. The number of carboxylic acid groups (broad SMARTS) is 1. The topological polar surface area (TPSA) is 78.4 Å². The maximum absolute atomic E-state index is 11.3. The zero-order valence-electron chi connectivity index (χ0n) is 10.8. The van der Waals surface area contributed by atoms with Gasteiger partial charge in [0.1, 0.15) is 0 Å². The maximum atomic E-state index is 11.3. The van der Waals surface area contributed by atoms with E-state index in [0.717, 1.165) is 0 Å². The van der Waals surface area contributed by atoms with Crippen LogP contribution in [-0.4, -0.2) is 35.6 Å². The predicted octanol–water partition coefficient (Wildman–Crippen LogP) is 0.215. The average Bonchev–Trinajstić information content (AvgIpc) is 2.23. The second kappa shape index (κ2) is 5.69. The molecule has 0 aliphatic heterocycles. The molecule has 0 aromatic heterocycles. The summed E-state index contributed by atoms with van der Waals surface area (Å²) in [6, 6.07) is 0. The van der Waals surface area contributed by atoms with Crippen LogP contribution in [0, 0.1) is 17.8 Å². The predicted molar refractivity (Wildman–Crippen MR) is 65.3 cm³/mol. The molecule has 0 aliphatic carbocycles. The molecule has 0 aliphatic rings. The number of amides is 1. The Morgan fingerprint density at radius 3 is 2.24 bits per heavy atom. The van der Waals surface area contributed by atoms with Crippen LogP contribution in [0.25, 0.3) is 0 Å². The number of aliphatic carboxylic acids is 1. The number of carboxylic acids is 1. The van der Waals surface area contributed by atoms with Crippen molar-refractivity contribution in [2.75, 3.05) is 13.1 Å². The maximum Gasteiger partial charge on any atom is 0.310 e. The van der Waals surface area contributed by atoms with E-state index in [1.54, 1.807) is 27.7 Å². The van der Waals surface area contributed by atoms with Crippen molar-refractivity contribution in [2.45, 2.75) is 33.2 Å². The standard InChI is InChI=1S/C12H20N2O3/c1-6-7-13-9(15)8-14-12(4,5)11(2,3)10(16)17/h1,14H,7-8H2,2-5H3,(H,13,15)(H,16,17). The molecular formula is C12H20N2O3. The fraction of sp³-hybridized carbons (Fsp3) is 0.667. The van der Waals surface area contributed by atoms with Crippen molar-refractivity contribution in [2.24, 2.45) is 5.41 Å². The molecule has 0 rings (SSSR count). The first-order valence-electron chi connectivity index (χ1n) is 5.33. The molecule has 0 fully saturated rings. The molecule has 1 amide bonds. The summed E-state index contributed by atoms with van der Waals surface area (Å²) >= 11 is 0. The van der Waals surface area contributed by atoms with Gasteiger partial charge >= 0.3 is 5.97 Å². The number of carbonyl (C=O) groups excluding carboxylic acids is 1. The summed E-state index contributed by atoms with van der Waals surface area (Å²) in [7, 11) is 0. The van der Waals surface area contributed by atoms with Gasteiger partial charge in [0, 0.05) is 5.54 Å². The molecular weight excluding hydrogens is 220 g/mol. The van der Waals surface area contributed by atoms with Crippen LogP contribution in [-0.2, 0) is 9.59 Å². The van der Waals surface area contributed by atoms with Gasteiger partial charge in [0.15, 0.2) is 0 Å². The fourth-order valence-corrected chi connectivity index (χ4v) is 1.00. The third-order valence-corrected chi connectivity index (χ3v) is 3.18. The Kier molecular flexibility index (Phi) is 5.17. The molecule has 0 bridgehead atoms. The first-order valence-corrected chi connectivity index (χ1v) is 5.33. The Hall–Kier alpha value is -1.54. The van der Waals surface area contributed by atoms with Crippen LogP contribution in [0.2, 0.25) is 0 Å². The van der Waals surface area contributed by atoms with Crippen molar-refractivity contribution < 1.29 is 14.7 Å². The van der Waals surface area contributed by atoms with Crippen LogP contribution in [0.1, 0.15) is 27.7 Å². The van der Waals surface area contributed by atoms with E-state index in [2.05, 4.69) is 16.6 Å². The number of carbonyl (C=O) groups is 2. The van der Waals surface area contributed by atoms with Crippen molar-refractivity contribution in [1.29, 1.82) is 0 Å². The van der Waals surface area contributed by atoms with Crippen LogP contribution in [0.15, 0.2) is 0 Å². The Labute approximate surface area is 102 Å². The van der Waals surface area contributed by atoms with Crippen LogP contribution in [0.3, 0.4) is 0 Å². The van der Waals surface area contributed by atoms with E-state index < -0.39 is 16.9 Å². The minimum Gasteiger partial charge on any atom is -0.481 e. The van der Waals surface area contributed by atoms with Crippen LogP contribution >= 0.6 is 0 Å². The van der Waals surface area contributed by atoms with E-state index in [9.17, 15) is 9.59 Å². The molecule has 0 saturated carbocycles. The second-order valence-electron chi connectivity index (χ2n) is 4.89. The summed E-state index contributed by atoms with van der Waals surface area (Å²) < 4.78 is 0. The lowest BCUT2D eigenvalue weighted by atomic mass is 9.74. The average molecular weight is 240 g/mol. The lowest BCUT2D eigenvalue weighted by Crippen LogP contribution is -2.57. The van der Waals surface area contributed by atoms with Crippen LogP contribution < -0.4 is 10.6 Å². The van der Waals surface area contributed by atoms with Gasteiger partial charge in [-0.3, -0.25) is 9.59 Å². The van der Waals surface area contributed by atoms with Crippen LogP contribution in [0.4, 0.5) is 0 Å². The van der Waals surface area contributed by atoms with Crippen molar-refractivity contribution in [3.05, 3.63) is 0 Å². The van der Waals surface area contributed by atoms with Gasteiger partial charge in [-0.15, -0.1) is 6.42 Å². The molecule has 0 unspecified atom stereocenters. The van der Waals surface area contributed by atoms with E-state index in [1.165, 1.54) is 0 Å². The summed E-state index contributed by atoms with van der Waals surface area (Å²) in [6.07, 6.45) is 5.00. The summed E-state index contributed by atoms with van der Waals surface area (Å²) in [4.78, 5) is 22.4. The minimum absolute atomic E-state index is 0.0331. The van der Waals surface area contributed by atoms with Gasteiger partial charge in [-0.2, -0.15) is 0 Å². The van der Waals surface area contributed by atoms with E-state index in [-0.39, 0.29) is 19.0 Å². The summed E-state index contributed by atoms with van der Waals surface area (Å²) in [5, 5.41) is 14.5. The third-order valence-electron chi connectivity index (χ3n) is 3.18. The molecule has 0 heterocycles. The highest BCUT2D eigenvalue weighted by molar-refractivity contribution is 5.79. The second-order valence-corrected chi connectivity index (χ2v) is 4.89. The third kappa shape index (κ3) is 4.08. The SMILES string of the molecule is C#CCNC(=O)CNC(C)(C)C(C)(C)C(=O)O. The first kappa shape index (κ1) is 15.5. The smallest absolute Gasteiger partial charge is 0.310 e. The van der Waals surface area contributed by atoms with Crippen molar-refractivity contribution in [1.82, 2.24) is 10.6 Å². The van der Waals surface area contributed by atoms with Gasteiger partial charge in [0.05, 0.1) is 18.5 Å². The highest BCUT2D eigenvalue weighted by atomic mass is 16.4. The highest BCUT2D eigenvalue weighted by Crippen LogP contribution is 2.30. The molecule has 5 heteroatoms. The molecule has 5 nitrogen and oxygen atoms in total. The van der Waals surface area contributed by atoms with Crippen molar-refractivity contribution in [3.63, 3.8) is 0 Å². The van der Waals surface area contributed by atoms with Gasteiger partial charge in [0.25, 0.3) is 0 Å². The Morgan fingerprint density at radius 2 is 1.82 bits per heavy atom. The number of hydrogen-bond acceptors (Lipinski definition) is 3. The van der Waals surface area contributed by atoms with Gasteiger partial charge in [0.2, 0.25) is 5.91 Å². The molecule has 0 spiro atoms. The molecule has 0 saturated heterocycles. The summed E-state index contributed by atoms with van der Waals surface area (Å²) in [5.41, 5.74) is -1.70.